The van der Waals surface area contributed by atoms with Crippen molar-refractivity contribution in [2.75, 3.05) is 210 Å². The molecule has 0 aliphatic heterocycles. The van der Waals surface area contributed by atoms with Gasteiger partial charge < -0.3 is 66.3 Å². The van der Waals surface area contributed by atoms with E-state index in [0.29, 0.717) is 204 Å². The van der Waals surface area contributed by atoms with Crippen LogP contribution in [-0.2, 0) is 71.1 Å². The van der Waals surface area contributed by atoms with E-state index in [0.717, 1.165) is 5.75 Å². The van der Waals surface area contributed by atoms with Crippen molar-refractivity contribution in [1.29, 1.82) is 0 Å². The van der Waals surface area contributed by atoms with Crippen LogP contribution >= 0.6 is 24.4 Å². The average molecular weight is 865 g/mol. The number of carbonyl (C=O) groups excluding carboxylic acids is 1. The molecule has 23 heteroatoms. The van der Waals surface area contributed by atoms with Crippen molar-refractivity contribution < 1.29 is 71.1 Å². The third-order valence-electron chi connectivity index (χ3n) is 6.03. The molecule has 0 amide bonds. The fourth-order valence-corrected chi connectivity index (χ4v) is 4.07. The molecule has 0 unspecified atom stereocenters. The topological polar surface area (TPSA) is 244 Å². The predicted molar refractivity (Wildman–Crippen MR) is 216 cm³/mol. The van der Waals surface area contributed by atoms with Crippen LogP contribution < -0.4 is 0 Å². The molecule has 0 heterocycles. The van der Waals surface area contributed by atoms with Crippen molar-refractivity contribution in [3.8, 4) is 0 Å². The molecule has 57 heavy (non-hydrogen) atoms. The van der Waals surface area contributed by atoms with Crippen LogP contribution in [0.25, 0.3) is 20.9 Å². The summed E-state index contributed by atoms with van der Waals surface area (Å²) >= 11 is 5.30. The average Bonchev–Trinajstić information content (AvgIpc) is 3.21. The molecule has 0 N–H and O–H groups in total. The Bertz CT molecular complexity index is 878. The molecular weight excluding hydrogens is 797 g/mol. The Morgan fingerprint density at radius 3 is 0.825 bits per heavy atom. The summed E-state index contributed by atoms with van der Waals surface area (Å²) in [5.41, 5.74) is 16.2. The lowest BCUT2D eigenvalue weighted by molar-refractivity contribution is -0.109. The summed E-state index contributed by atoms with van der Waals surface area (Å²) in [7, 11) is 0. The van der Waals surface area contributed by atoms with Gasteiger partial charge >= 0.3 is 0 Å². The first-order valence-corrected chi connectivity index (χ1v) is 20.6. The van der Waals surface area contributed by atoms with Crippen molar-refractivity contribution >= 4 is 29.5 Å². The molecular formula is C34H68N6O15S2. The Morgan fingerprint density at radius 2 is 0.614 bits per heavy atom. The van der Waals surface area contributed by atoms with Crippen molar-refractivity contribution in [2.24, 2.45) is 10.2 Å². The van der Waals surface area contributed by atoms with Crippen LogP contribution in [0.4, 0.5) is 0 Å². The van der Waals surface area contributed by atoms with E-state index in [9.17, 15) is 4.79 Å². The molecule has 0 fully saturated rings. The smallest absolute Gasteiger partial charge is 0.185 e. The first-order valence-electron chi connectivity index (χ1n) is 19.0. The molecule has 21 nitrogen and oxygen atoms in total. The highest BCUT2D eigenvalue weighted by molar-refractivity contribution is 8.13. The summed E-state index contributed by atoms with van der Waals surface area (Å²) in [5, 5.41) is 6.82. The van der Waals surface area contributed by atoms with Gasteiger partial charge in [-0.05, 0) is 11.1 Å². The van der Waals surface area contributed by atoms with E-state index in [-0.39, 0.29) is 5.12 Å². The summed E-state index contributed by atoms with van der Waals surface area (Å²) in [6.45, 7) is 16.5. The Kier molecular flexibility index (Phi) is 57.0. The number of hydrogen-bond donors (Lipinski definition) is 1. The van der Waals surface area contributed by atoms with Crippen LogP contribution in [0.15, 0.2) is 10.2 Å². The Balaban J connectivity index is 0. The quantitative estimate of drug-likeness (QED) is 0.0304. The van der Waals surface area contributed by atoms with E-state index in [1.807, 2.05) is 0 Å². The molecule has 0 bridgehead atoms. The molecule has 0 aromatic heterocycles. The lowest BCUT2D eigenvalue weighted by atomic mass is 10.6. The van der Waals surface area contributed by atoms with Crippen LogP contribution in [0.3, 0.4) is 0 Å². The van der Waals surface area contributed by atoms with Gasteiger partial charge in [0.25, 0.3) is 0 Å². The number of carbonyl (C=O) groups is 1. The van der Waals surface area contributed by atoms with Gasteiger partial charge in [0.05, 0.1) is 185 Å². The van der Waals surface area contributed by atoms with E-state index in [2.05, 4.69) is 32.7 Å². The third-order valence-corrected chi connectivity index (χ3v) is 6.99. The molecule has 0 aliphatic rings. The Labute approximate surface area is 347 Å². The number of rotatable bonds is 47. The molecule has 0 radical (unpaired) electrons. The molecule has 0 saturated carbocycles. The SMILES string of the molecule is CC(=O)SCCOCCOCCOCCOCCOCCOCCOCCN=[N+]=[N-].[N-]=[N+]=NCCOCCOCCOCCOCCOCCOCCOCCS. The summed E-state index contributed by atoms with van der Waals surface area (Å²) in [6.07, 6.45) is 0. The van der Waals surface area contributed by atoms with Crippen LogP contribution in [0.1, 0.15) is 6.92 Å². The summed E-state index contributed by atoms with van der Waals surface area (Å²) in [6, 6.07) is 0. The lowest BCUT2D eigenvalue weighted by Crippen LogP contribution is -2.14. The zero-order valence-electron chi connectivity index (χ0n) is 33.8. The highest BCUT2D eigenvalue weighted by atomic mass is 32.2. The van der Waals surface area contributed by atoms with Gasteiger partial charge in [0.1, 0.15) is 0 Å². The number of azide groups is 2. The summed E-state index contributed by atoms with van der Waals surface area (Å²) < 4.78 is 74.6. The van der Waals surface area contributed by atoms with Gasteiger partial charge in [-0.3, -0.25) is 4.79 Å². The van der Waals surface area contributed by atoms with Crippen molar-refractivity contribution in [2.45, 2.75) is 6.92 Å². The highest BCUT2D eigenvalue weighted by Gasteiger charge is 1.97. The fraction of sp³-hybridized carbons (Fsp3) is 0.971. The van der Waals surface area contributed by atoms with E-state index in [4.69, 9.17) is 77.4 Å². The highest BCUT2D eigenvalue weighted by Crippen LogP contribution is 1.99. The maximum Gasteiger partial charge on any atom is 0.185 e. The van der Waals surface area contributed by atoms with Gasteiger partial charge in [0, 0.05) is 41.3 Å². The summed E-state index contributed by atoms with van der Waals surface area (Å²) in [5.74, 6) is 1.40. The lowest BCUT2D eigenvalue weighted by Gasteiger charge is -2.08. The minimum absolute atomic E-state index is 0.105. The fourth-order valence-electron chi connectivity index (χ4n) is 3.45. The molecule has 0 atom stereocenters. The molecule has 0 aromatic carbocycles. The zero-order chi connectivity index (χ0) is 41.6. The van der Waals surface area contributed by atoms with Gasteiger partial charge in [-0.1, -0.05) is 22.0 Å². The second-order valence-electron chi connectivity index (χ2n) is 10.5. The van der Waals surface area contributed by atoms with E-state index in [1.54, 1.807) is 6.92 Å². The first-order chi connectivity index (χ1) is 28.2. The van der Waals surface area contributed by atoms with Crippen molar-refractivity contribution in [3.63, 3.8) is 0 Å². The maximum absolute atomic E-state index is 10.7. The second kappa shape index (κ2) is 56.5. The number of thiol groups is 1. The van der Waals surface area contributed by atoms with E-state index in [1.165, 1.54) is 11.8 Å². The van der Waals surface area contributed by atoms with E-state index >= 15 is 0 Å². The minimum atomic E-state index is 0.105. The van der Waals surface area contributed by atoms with Gasteiger partial charge in [-0.15, -0.1) is 0 Å². The monoisotopic (exact) mass is 864 g/mol. The molecule has 0 rings (SSSR count). The number of thioether (sulfide) groups is 1. The van der Waals surface area contributed by atoms with Crippen LogP contribution in [0, 0.1) is 0 Å². The van der Waals surface area contributed by atoms with Crippen molar-refractivity contribution in [3.05, 3.63) is 20.9 Å². The van der Waals surface area contributed by atoms with E-state index < -0.39 is 0 Å². The standard InChI is InChI=1S/C18H35N3O8S.C16H33N3O7S/c1-18(22)30-17-16-29-15-14-28-13-12-27-11-10-26-9-8-25-7-6-24-5-4-23-3-2-20-21-19;17-19-18-1-2-20-3-4-21-5-6-22-7-8-23-9-10-24-11-12-25-13-14-26-15-16-27/h2-17H2,1H3;27H,1-16H2. The Morgan fingerprint density at radius 1 is 0.404 bits per heavy atom. The van der Waals surface area contributed by atoms with Gasteiger partial charge in [0.2, 0.25) is 0 Å². The maximum atomic E-state index is 10.7. The predicted octanol–water partition coefficient (Wildman–Crippen LogP) is 3.04. The van der Waals surface area contributed by atoms with Gasteiger partial charge in [0.15, 0.2) is 5.12 Å². The Hall–Kier alpha value is -1.57. The molecule has 336 valence electrons. The van der Waals surface area contributed by atoms with Gasteiger partial charge in [-0.2, -0.15) is 12.6 Å². The third kappa shape index (κ3) is 61.2. The molecule has 0 saturated heterocycles. The number of ether oxygens (including phenoxy) is 14. The zero-order valence-corrected chi connectivity index (χ0v) is 35.5. The van der Waals surface area contributed by atoms with Crippen LogP contribution in [0.2, 0.25) is 0 Å². The number of hydrogen-bond acceptors (Lipinski definition) is 19. The van der Waals surface area contributed by atoms with Crippen LogP contribution in [-0.4, -0.2) is 215 Å². The van der Waals surface area contributed by atoms with Crippen molar-refractivity contribution in [1.82, 2.24) is 0 Å². The first kappa shape index (κ1) is 57.5. The molecule has 0 aliphatic carbocycles. The number of nitrogens with zero attached hydrogens (tertiary/aromatic N) is 6. The molecule has 0 spiro atoms. The largest absolute Gasteiger partial charge is 0.379 e. The van der Waals surface area contributed by atoms with Crippen LogP contribution in [0.5, 0.6) is 0 Å². The normalized spacial score (nSPS) is 10.8. The second-order valence-corrected chi connectivity index (χ2v) is 12.3. The summed E-state index contributed by atoms with van der Waals surface area (Å²) in [4.78, 5) is 16.0. The molecule has 0 aromatic rings. The van der Waals surface area contributed by atoms with Gasteiger partial charge in [-0.25, -0.2) is 0 Å². The minimum Gasteiger partial charge on any atom is -0.379 e.